The van der Waals surface area contributed by atoms with E-state index in [1.165, 1.54) is 6.33 Å². The van der Waals surface area contributed by atoms with Gasteiger partial charge in [-0.2, -0.15) is 0 Å². The highest BCUT2D eigenvalue weighted by molar-refractivity contribution is 5.84. The van der Waals surface area contributed by atoms with Gasteiger partial charge in [0, 0.05) is 23.7 Å². The highest BCUT2D eigenvalue weighted by Gasteiger charge is 2.07. The molecule has 5 nitrogen and oxygen atoms in total. The van der Waals surface area contributed by atoms with Gasteiger partial charge in [-0.05, 0) is 26.0 Å². The molecule has 5 heteroatoms. The largest absolute Gasteiger partial charge is 0.437 e. The number of nitrogens with zero attached hydrogens (tertiary/aromatic N) is 3. The summed E-state index contributed by atoms with van der Waals surface area (Å²) in [7, 11) is 0. The molecule has 0 atom stereocenters. The second-order valence-corrected chi connectivity index (χ2v) is 4.65. The van der Waals surface area contributed by atoms with Crippen molar-refractivity contribution in [2.75, 3.05) is 11.9 Å². The predicted molar refractivity (Wildman–Crippen MR) is 82.7 cm³/mol. The van der Waals surface area contributed by atoms with Crippen LogP contribution in [0.15, 0.2) is 42.7 Å². The molecule has 0 aliphatic rings. The molecule has 0 saturated heterocycles. The fraction of sp³-hybridized carbons (Fsp3) is 0.188. The lowest BCUT2D eigenvalue weighted by Crippen LogP contribution is -2.00. The average Bonchev–Trinajstić information content (AvgIpc) is 2.49. The molecular weight excluding hydrogens is 264 g/mol. The van der Waals surface area contributed by atoms with Crippen molar-refractivity contribution in [3.63, 3.8) is 0 Å². The number of benzene rings is 1. The zero-order valence-corrected chi connectivity index (χ0v) is 12.0. The van der Waals surface area contributed by atoms with E-state index >= 15 is 0 Å². The number of pyridine rings is 1. The van der Waals surface area contributed by atoms with Crippen LogP contribution in [0.4, 0.5) is 5.82 Å². The summed E-state index contributed by atoms with van der Waals surface area (Å²) >= 11 is 0. The number of ether oxygens (including phenoxy) is 1. The molecule has 0 radical (unpaired) electrons. The summed E-state index contributed by atoms with van der Waals surface area (Å²) in [5, 5.41) is 4.17. The Balaban J connectivity index is 1.98. The summed E-state index contributed by atoms with van der Waals surface area (Å²) < 4.78 is 5.88. The van der Waals surface area contributed by atoms with E-state index in [1.807, 2.05) is 44.2 Å². The summed E-state index contributed by atoms with van der Waals surface area (Å²) in [6, 6.07) is 11.6. The maximum Gasteiger partial charge on any atom is 0.224 e. The first-order valence-electron chi connectivity index (χ1n) is 6.86. The van der Waals surface area contributed by atoms with Crippen LogP contribution < -0.4 is 10.1 Å². The molecule has 21 heavy (non-hydrogen) atoms. The van der Waals surface area contributed by atoms with Gasteiger partial charge in [-0.25, -0.2) is 15.0 Å². The third kappa shape index (κ3) is 2.91. The third-order valence-corrected chi connectivity index (χ3v) is 3.04. The molecule has 0 bridgehead atoms. The van der Waals surface area contributed by atoms with E-state index in [9.17, 15) is 0 Å². The number of para-hydroxylation sites is 1. The molecule has 0 fully saturated rings. The van der Waals surface area contributed by atoms with E-state index in [2.05, 4.69) is 20.3 Å². The molecule has 0 unspecified atom stereocenters. The third-order valence-electron chi connectivity index (χ3n) is 3.04. The zero-order valence-electron chi connectivity index (χ0n) is 12.0. The number of aromatic nitrogens is 3. The molecule has 0 saturated carbocycles. The van der Waals surface area contributed by atoms with Crippen LogP contribution in [0.1, 0.15) is 12.6 Å². The Morgan fingerprint density at radius 3 is 2.90 bits per heavy atom. The van der Waals surface area contributed by atoms with Crippen molar-refractivity contribution in [2.24, 2.45) is 0 Å². The van der Waals surface area contributed by atoms with Crippen LogP contribution in [0, 0.1) is 6.92 Å². The molecule has 1 N–H and O–H groups in total. The van der Waals surface area contributed by atoms with Crippen LogP contribution in [0.25, 0.3) is 10.9 Å². The Morgan fingerprint density at radius 2 is 2.05 bits per heavy atom. The minimum Gasteiger partial charge on any atom is -0.437 e. The molecule has 2 aromatic heterocycles. The maximum absolute atomic E-state index is 5.88. The quantitative estimate of drug-likeness (QED) is 0.791. The Morgan fingerprint density at radius 1 is 1.14 bits per heavy atom. The Kier molecular flexibility index (Phi) is 3.64. The van der Waals surface area contributed by atoms with Crippen molar-refractivity contribution in [3.8, 4) is 11.6 Å². The van der Waals surface area contributed by atoms with Crippen LogP contribution in [-0.2, 0) is 0 Å². The number of anilines is 1. The van der Waals surface area contributed by atoms with Crippen molar-refractivity contribution in [1.29, 1.82) is 0 Å². The standard InChI is InChI=1S/C16H16N4O/c1-3-17-14-9-15(19-10-18-14)21-13-6-4-5-12-8-7-11(2)20-16(12)13/h4-10H,3H2,1-2H3,(H,17,18,19). The molecular formula is C16H16N4O. The van der Waals surface area contributed by atoms with E-state index in [-0.39, 0.29) is 0 Å². The van der Waals surface area contributed by atoms with Gasteiger partial charge < -0.3 is 10.1 Å². The SMILES string of the molecule is CCNc1cc(Oc2cccc3ccc(C)nc23)ncn1. The molecule has 2 heterocycles. The van der Waals surface area contributed by atoms with Gasteiger partial charge in [0.15, 0.2) is 5.75 Å². The maximum atomic E-state index is 5.88. The van der Waals surface area contributed by atoms with Gasteiger partial charge in [0.25, 0.3) is 0 Å². The van der Waals surface area contributed by atoms with Crippen LogP contribution in [-0.4, -0.2) is 21.5 Å². The first-order valence-corrected chi connectivity index (χ1v) is 6.86. The first-order chi connectivity index (χ1) is 10.3. The smallest absolute Gasteiger partial charge is 0.224 e. The van der Waals surface area contributed by atoms with E-state index in [0.717, 1.165) is 29.0 Å². The van der Waals surface area contributed by atoms with Crippen LogP contribution in [0.5, 0.6) is 11.6 Å². The Bertz CT molecular complexity index is 773. The van der Waals surface area contributed by atoms with Crippen molar-refractivity contribution in [2.45, 2.75) is 13.8 Å². The lowest BCUT2D eigenvalue weighted by atomic mass is 10.2. The molecule has 0 aliphatic heterocycles. The van der Waals surface area contributed by atoms with Crippen molar-refractivity contribution < 1.29 is 4.74 Å². The number of nitrogens with one attached hydrogen (secondary N) is 1. The summed E-state index contributed by atoms with van der Waals surface area (Å²) in [5.74, 6) is 1.93. The normalized spacial score (nSPS) is 10.6. The average molecular weight is 280 g/mol. The molecule has 1 aromatic carbocycles. The predicted octanol–water partition coefficient (Wildman–Crippen LogP) is 3.56. The Labute approximate surface area is 123 Å². The molecule has 0 amide bonds. The topological polar surface area (TPSA) is 59.9 Å². The molecule has 0 spiro atoms. The fourth-order valence-electron chi connectivity index (χ4n) is 2.09. The monoisotopic (exact) mass is 280 g/mol. The van der Waals surface area contributed by atoms with E-state index in [0.29, 0.717) is 11.6 Å². The van der Waals surface area contributed by atoms with Gasteiger partial charge in [0.1, 0.15) is 17.7 Å². The molecule has 106 valence electrons. The summed E-state index contributed by atoms with van der Waals surface area (Å²) in [6.07, 6.45) is 1.48. The second kappa shape index (κ2) is 5.75. The number of fused-ring (bicyclic) bond motifs is 1. The van der Waals surface area contributed by atoms with Crippen LogP contribution in [0.3, 0.4) is 0 Å². The van der Waals surface area contributed by atoms with Gasteiger partial charge in [-0.15, -0.1) is 0 Å². The van der Waals surface area contributed by atoms with Crippen LogP contribution in [0.2, 0.25) is 0 Å². The van der Waals surface area contributed by atoms with Gasteiger partial charge in [0.2, 0.25) is 5.88 Å². The summed E-state index contributed by atoms with van der Waals surface area (Å²) in [5.41, 5.74) is 1.79. The van der Waals surface area contributed by atoms with E-state index < -0.39 is 0 Å². The number of rotatable bonds is 4. The van der Waals surface area contributed by atoms with Crippen molar-refractivity contribution in [3.05, 3.63) is 48.4 Å². The zero-order chi connectivity index (χ0) is 14.7. The van der Waals surface area contributed by atoms with Gasteiger partial charge >= 0.3 is 0 Å². The van der Waals surface area contributed by atoms with Gasteiger partial charge in [-0.3, -0.25) is 0 Å². The number of aryl methyl sites for hydroxylation is 1. The fourth-order valence-corrected chi connectivity index (χ4v) is 2.09. The summed E-state index contributed by atoms with van der Waals surface area (Å²) in [4.78, 5) is 12.8. The minimum atomic E-state index is 0.497. The molecule has 3 rings (SSSR count). The lowest BCUT2D eigenvalue weighted by Gasteiger charge is -2.09. The second-order valence-electron chi connectivity index (χ2n) is 4.65. The minimum absolute atomic E-state index is 0.497. The van der Waals surface area contributed by atoms with E-state index in [1.54, 1.807) is 6.07 Å². The Hall–Kier alpha value is -2.69. The van der Waals surface area contributed by atoms with Gasteiger partial charge in [-0.1, -0.05) is 18.2 Å². The lowest BCUT2D eigenvalue weighted by molar-refractivity contribution is 0.466. The number of hydrogen-bond acceptors (Lipinski definition) is 5. The molecule has 0 aliphatic carbocycles. The highest BCUT2D eigenvalue weighted by Crippen LogP contribution is 2.28. The summed E-state index contributed by atoms with van der Waals surface area (Å²) in [6.45, 7) is 4.77. The first kappa shape index (κ1) is 13.3. The highest BCUT2D eigenvalue weighted by atomic mass is 16.5. The van der Waals surface area contributed by atoms with Gasteiger partial charge in [0.05, 0.1) is 0 Å². The number of hydrogen-bond donors (Lipinski definition) is 1. The molecule has 3 aromatic rings. The van der Waals surface area contributed by atoms with Crippen molar-refractivity contribution in [1.82, 2.24) is 15.0 Å². The van der Waals surface area contributed by atoms with Crippen molar-refractivity contribution >= 4 is 16.7 Å². The van der Waals surface area contributed by atoms with Crippen LogP contribution >= 0.6 is 0 Å². The van der Waals surface area contributed by atoms with E-state index in [4.69, 9.17) is 4.74 Å².